The van der Waals surface area contributed by atoms with Crippen molar-refractivity contribution >= 4 is 11.4 Å². The molecule has 0 spiro atoms. The van der Waals surface area contributed by atoms with E-state index in [9.17, 15) is 10.1 Å². The lowest BCUT2D eigenvalue weighted by molar-refractivity contribution is -0.384. The molecule has 1 aromatic carbocycles. The first kappa shape index (κ1) is 13.8. The largest absolute Gasteiger partial charge is 0.361 e. The first-order valence-corrected chi connectivity index (χ1v) is 7.37. The van der Waals surface area contributed by atoms with E-state index in [1.54, 1.807) is 6.07 Å². The van der Waals surface area contributed by atoms with Gasteiger partial charge in [-0.3, -0.25) is 10.1 Å². The number of anilines is 1. The summed E-state index contributed by atoms with van der Waals surface area (Å²) in [6.07, 6.45) is 4.40. The number of hydrogen-bond donors (Lipinski definition) is 1. The third kappa shape index (κ3) is 2.98. The van der Waals surface area contributed by atoms with Crippen LogP contribution in [0, 0.1) is 21.4 Å². The number of nitrogens with zero attached hydrogens (tertiary/aromatic N) is 3. The van der Waals surface area contributed by atoms with Crippen LogP contribution in [-0.2, 0) is 0 Å². The standard InChI is InChI=1S/C15H18N4O2/c16-9-11-3-6-14(19(20)21)15(8-11)18(13-4-5-13)10-12-2-1-7-17-12/h3,6,8,12-13,17H,1-2,4-5,7,10H2. The van der Waals surface area contributed by atoms with Crippen LogP contribution >= 0.6 is 0 Å². The van der Waals surface area contributed by atoms with Gasteiger partial charge in [0.1, 0.15) is 5.69 Å². The van der Waals surface area contributed by atoms with Crippen molar-refractivity contribution in [2.45, 2.75) is 37.8 Å². The maximum atomic E-state index is 11.3. The van der Waals surface area contributed by atoms with Gasteiger partial charge in [-0.05, 0) is 44.4 Å². The number of rotatable bonds is 5. The minimum atomic E-state index is -0.353. The average Bonchev–Trinajstić information content (AvgIpc) is 3.20. The number of nitriles is 1. The molecule has 1 saturated heterocycles. The lowest BCUT2D eigenvalue weighted by Gasteiger charge is -2.27. The predicted molar refractivity (Wildman–Crippen MR) is 79.2 cm³/mol. The summed E-state index contributed by atoms with van der Waals surface area (Å²) < 4.78 is 0. The molecule has 2 fully saturated rings. The summed E-state index contributed by atoms with van der Waals surface area (Å²) in [6, 6.07) is 7.46. The lowest BCUT2D eigenvalue weighted by Crippen LogP contribution is -2.39. The molecule has 1 aromatic rings. The van der Waals surface area contributed by atoms with Gasteiger partial charge in [0.05, 0.1) is 16.6 Å². The Kier molecular flexibility index (Phi) is 3.76. The zero-order valence-corrected chi connectivity index (χ0v) is 11.8. The average molecular weight is 286 g/mol. The Morgan fingerprint density at radius 1 is 1.43 bits per heavy atom. The van der Waals surface area contributed by atoms with Crippen LogP contribution in [-0.4, -0.2) is 30.1 Å². The molecule has 1 aliphatic heterocycles. The van der Waals surface area contributed by atoms with E-state index in [0.29, 0.717) is 23.3 Å². The molecular weight excluding hydrogens is 268 g/mol. The first-order valence-electron chi connectivity index (χ1n) is 7.37. The Morgan fingerprint density at radius 2 is 2.24 bits per heavy atom. The molecular formula is C15H18N4O2. The van der Waals surface area contributed by atoms with E-state index in [1.165, 1.54) is 12.1 Å². The second kappa shape index (κ2) is 5.70. The summed E-state index contributed by atoms with van der Waals surface area (Å²) in [6.45, 7) is 1.80. The highest BCUT2D eigenvalue weighted by Crippen LogP contribution is 2.37. The molecule has 6 nitrogen and oxygen atoms in total. The van der Waals surface area contributed by atoms with Crippen LogP contribution in [0.1, 0.15) is 31.2 Å². The zero-order chi connectivity index (χ0) is 14.8. The third-order valence-corrected chi connectivity index (χ3v) is 4.18. The van der Waals surface area contributed by atoms with Gasteiger partial charge in [-0.15, -0.1) is 0 Å². The quantitative estimate of drug-likeness (QED) is 0.662. The summed E-state index contributed by atoms with van der Waals surface area (Å²) in [7, 11) is 0. The van der Waals surface area contributed by atoms with Gasteiger partial charge in [-0.1, -0.05) is 0 Å². The molecule has 1 N–H and O–H groups in total. The van der Waals surface area contributed by atoms with E-state index in [-0.39, 0.29) is 10.6 Å². The van der Waals surface area contributed by atoms with E-state index in [4.69, 9.17) is 5.26 Å². The Morgan fingerprint density at radius 3 is 2.81 bits per heavy atom. The van der Waals surface area contributed by atoms with E-state index in [1.807, 2.05) is 0 Å². The number of benzene rings is 1. The van der Waals surface area contributed by atoms with Gasteiger partial charge < -0.3 is 10.2 Å². The fraction of sp³-hybridized carbons (Fsp3) is 0.533. The Bertz CT molecular complexity index is 586. The van der Waals surface area contributed by atoms with Gasteiger partial charge in [0.2, 0.25) is 0 Å². The van der Waals surface area contributed by atoms with Gasteiger partial charge in [-0.2, -0.15) is 5.26 Å². The minimum absolute atomic E-state index is 0.0962. The molecule has 0 aromatic heterocycles. The Balaban J connectivity index is 1.93. The second-order valence-corrected chi connectivity index (χ2v) is 5.75. The van der Waals surface area contributed by atoms with Crippen molar-refractivity contribution in [2.24, 2.45) is 0 Å². The van der Waals surface area contributed by atoms with Crippen LogP contribution in [0.5, 0.6) is 0 Å². The molecule has 0 radical (unpaired) electrons. The highest BCUT2D eigenvalue weighted by atomic mass is 16.6. The van der Waals surface area contributed by atoms with Crippen LogP contribution in [0.3, 0.4) is 0 Å². The molecule has 0 amide bonds. The van der Waals surface area contributed by atoms with Gasteiger partial charge in [0.25, 0.3) is 5.69 Å². The van der Waals surface area contributed by atoms with Crippen molar-refractivity contribution < 1.29 is 4.92 Å². The van der Waals surface area contributed by atoms with Crippen LogP contribution in [0.15, 0.2) is 18.2 Å². The molecule has 2 aliphatic rings. The number of nitro groups is 1. The first-order chi connectivity index (χ1) is 10.2. The normalized spacial score (nSPS) is 21.0. The van der Waals surface area contributed by atoms with Crippen molar-refractivity contribution in [3.63, 3.8) is 0 Å². The number of hydrogen-bond acceptors (Lipinski definition) is 5. The fourth-order valence-corrected chi connectivity index (χ4v) is 2.96. The molecule has 1 aliphatic carbocycles. The van der Waals surface area contributed by atoms with Crippen LogP contribution in [0.4, 0.5) is 11.4 Å². The van der Waals surface area contributed by atoms with E-state index in [0.717, 1.165) is 38.8 Å². The third-order valence-electron chi connectivity index (χ3n) is 4.18. The van der Waals surface area contributed by atoms with Gasteiger partial charge in [-0.25, -0.2) is 0 Å². The number of nitrogens with one attached hydrogen (secondary N) is 1. The summed E-state index contributed by atoms with van der Waals surface area (Å²) >= 11 is 0. The summed E-state index contributed by atoms with van der Waals surface area (Å²) in [5.41, 5.74) is 1.16. The maximum Gasteiger partial charge on any atom is 0.292 e. The summed E-state index contributed by atoms with van der Waals surface area (Å²) in [5.74, 6) is 0. The predicted octanol–water partition coefficient (Wildman–Crippen LogP) is 2.19. The Labute approximate surface area is 123 Å². The minimum Gasteiger partial charge on any atom is -0.361 e. The summed E-state index contributed by atoms with van der Waals surface area (Å²) in [4.78, 5) is 13.1. The topological polar surface area (TPSA) is 82.2 Å². The molecule has 6 heteroatoms. The molecule has 21 heavy (non-hydrogen) atoms. The SMILES string of the molecule is N#Cc1ccc([N+](=O)[O-])c(N(CC2CCCN2)C2CC2)c1. The van der Waals surface area contributed by atoms with Crippen LogP contribution < -0.4 is 10.2 Å². The van der Waals surface area contributed by atoms with Crippen molar-refractivity contribution in [3.05, 3.63) is 33.9 Å². The Hall–Kier alpha value is -2.13. The van der Waals surface area contributed by atoms with Crippen molar-refractivity contribution in [1.82, 2.24) is 5.32 Å². The van der Waals surface area contributed by atoms with Crippen molar-refractivity contribution in [1.29, 1.82) is 5.26 Å². The monoisotopic (exact) mass is 286 g/mol. The molecule has 110 valence electrons. The molecule has 3 rings (SSSR count). The molecule has 1 saturated carbocycles. The zero-order valence-electron chi connectivity index (χ0n) is 11.8. The van der Waals surface area contributed by atoms with E-state index < -0.39 is 0 Å². The van der Waals surface area contributed by atoms with Crippen LogP contribution in [0.2, 0.25) is 0 Å². The van der Waals surface area contributed by atoms with Gasteiger partial charge >= 0.3 is 0 Å². The van der Waals surface area contributed by atoms with E-state index in [2.05, 4.69) is 16.3 Å². The van der Waals surface area contributed by atoms with Crippen molar-refractivity contribution in [3.8, 4) is 6.07 Å². The fourth-order valence-electron chi connectivity index (χ4n) is 2.96. The summed E-state index contributed by atoms with van der Waals surface area (Å²) in [5, 5.41) is 23.8. The lowest BCUT2D eigenvalue weighted by atomic mass is 10.1. The molecule has 0 bridgehead atoms. The smallest absolute Gasteiger partial charge is 0.292 e. The van der Waals surface area contributed by atoms with Gasteiger partial charge in [0, 0.05) is 24.7 Å². The second-order valence-electron chi connectivity index (χ2n) is 5.75. The maximum absolute atomic E-state index is 11.3. The van der Waals surface area contributed by atoms with Crippen molar-refractivity contribution in [2.75, 3.05) is 18.0 Å². The highest BCUT2D eigenvalue weighted by molar-refractivity contribution is 5.67. The highest BCUT2D eigenvalue weighted by Gasteiger charge is 2.35. The van der Waals surface area contributed by atoms with Crippen LogP contribution in [0.25, 0.3) is 0 Å². The molecule has 1 heterocycles. The molecule has 1 unspecified atom stereocenters. The molecule has 1 atom stereocenters. The van der Waals surface area contributed by atoms with E-state index >= 15 is 0 Å². The van der Waals surface area contributed by atoms with Gasteiger partial charge in [0.15, 0.2) is 0 Å². The number of nitro benzene ring substituents is 1.